The van der Waals surface area contributed by atoms with Crippen LogP contribution in [0.2, 0.25) is 0 Å². The first-order chi connectivity index (χ1) is 17.9. The maximum atomic E-state index is 2.96. The molecular weight excluding hydrogens is 451 g/mol. The van der Waals surface area contributed by atoms with Crippen molar-refractivity contribution in [1.29, 1.82) is 0 Å². The molecule has 0 nitrogen and oxygen atoms in total. The van der Waals surface area contributed by atoms with E-state index in [0.717, 1.165) is 6.16 Å². The van der Waals surface area contributed by atoms with Crippen molar-refractivity contribution in [2.75, 3.05) is 0 Å². The number of benzene rings is 4. The van der Waals surface area contributed by atoms with E-state index in [1.807, 2.05) is 0 Å². The molecule has 0 spiro atoms. The van der Waals surface area contributed by atoms with E-state index in [9.17, 15) is 0 Å². The van der Waals surface area contributed by atoms with Crippen LogP contribution in [0.5, 0.6) is 0 Å². The average molecular weight is 493 g/mol. The standard InChI is InChI=1S/C35H41P/c36-28-35-33(31-22-13-8-14-23-31)26-17-27-34(35)32-25-16-15-24-30(32)21-12-6-4-2-1-3-5-9-18-29-19-10-7-11-20-29/h7-8,10-11,13-17,19-20,22-27H,1-6,9,12,18,21,28,36H2. The molecular formula is C35H41P. The van der Waals surface area contributed by atoms with E-state index in [1.54, 1.807) is 0 Å². The number of rotatable bonds is 14. The van der Waals surface area contributed by atoms with Crippen molar-refractivity contribution in [3.8, 4) is 22.3 Å². The van der Waals surface area contributed by atoms with Gasteiger partial charge in [-0.3, -0.25) is 0 Å². The molecule has 0 saturated heterocycles. The van der Waals surface area contributed by atoms with Crippen molar-refractivity contribution in [3.05, 3.63) is 120 Å². The second-order valence-electron chi connectivity index (χ2n) is 9.87. The van der Waals surface area contributed by atoms with Crippen LogP contribution < -0.4 is 0 Å². The molecule has 0 aromatic heterocycles. The first kappa shape index (κ1) is 26.4. The summed E-state index contributed by atoms with van der Waals surface area (Å²) in [5.74, 6) is 0. The molecule has 0 N–H and O–H groups in total. The molecule has 1 unspecified atom stereocenters. The minimum Gasteiger partial charge on any atom is -0.133 e. The molecule has 0 bridgehead atoms. The highest BCUT2D eigenvalue weighted by atomic mass is 31.0. The van der Waals surface area contributed by atoms with E-state index in [0.29, 0.717) is 0 Å². The van der Waals surface area contributed by atoms with Crippen LogP contribution in [0.25, 0.3) is 22.3 Å². The quantitative estimate of drug-likeness (QED) is 0.121. The van der Waals surface area contributed by atoms with Crippen LogP contribution in [-0.2, 0) is 19.0 Å². The second kappa shape index (κ2) is 14.8. The minimum atomic E-state index is 0.958. The van der Waals surface area contributed by atoms with Gasteiger partial charge in [0.2, 0.25) is 0 Å². The lowest BCUT2D eigenvalue weighted by atomic mass is 9.89. The van der Waals surface area contributed by atoms with Crippen LogP contribution in [0.15, 0.2) is 103 Å². The molecule has 36 heavy (non-hydrogen) atoms. The maximum absolute atomic E-state index is 2.96. The highest BCUT2D eigenvalue weighted by molar-refractivity contribution is 7.15. The molecule has 1 heteroatoms. The summed E-state index contributed by atoms with van der Waals surface area (Å²) in [6.07, 6.45) is 14.2. The molecule has 186 valence electrons. The third kappa shape index (κ3) is 7.65. The molecule has 1 atom stereocenters. The Labute approximate surface area is 221 Å². The fourth-order valence-corrected chi connectivity index (χ4v) is 5.74. The lowest BCUT2D eigenvalue weighted by Crippen LogP contribution is -1.96. The molecule has 0 aliphatic carbocycles. The van der Waals surface area contributed by atoms with Crippen LogP contribution in [0, 0.1) is 0 Å². The molecule has 0 aliphatic rings. The van der Waals surface area contributed by atoms with Crippen LogP contribution in [0.1, 0.15) is 68.1 Å². The van der Waals surface area contributed by atoms with Crippen molar-refractivity contribution < 1.29 is 0 Å². The Hall–Kier alpha value is -2.69. The summed E-state index contributed by atoms with van der Waals surface area (Å²) in [6, 6.07) is 37.5. The van der Waals surface area contributed by atoms with Gasteiger partial charge in [0.25, 0.3) is 0 Å². The summed E-state index contributed by atoms with van der Waals surface area (Å²) < 4.78 is 0. The average Bonchev–Trinajstić information content (AvgIpc) is 2.95. The lowest BCUT2D eigenvalue weighted by molar-refractivity contribution is 0.567. The molecule has 0 heterocycles. The maximum Gasteiger partial charge on any atom is -0.0116 e. The molecule has 0 fully saturated rings. The number of hydrogen-bond acceptors (Lipinski definition) is 0. The third-order valence-corrected chi connectivity index (χ3v) is 7.69. The van der Waals surface area contributed by atoms with Gasteiger partial charge in [-0.25, -0.2) is 0 Å². The van der Waals surface area contributed by atoms with Gasteiger partial charge >= 0.3 is 0 Å². The molecule has 4 aromatic carbocycles. The first-order valence-electron chi connectivity index (χ1n) is 13.9. The van der Waals surface area contributed by atoms with Crippen LogP contribution in [0.4, 0.5) is 0 Å². The van der Waals surface area contributed by atoms with Crippen LogP contribution in [-0.4, -0.2) is 0 Å². The topological polar surface area (TPSA) is 0 Å². The predicted octanol–water partition coefficient (Wildman–Crippen LogP) is 10.3. The molecule has 4 aromatic rings. The zero-order chi connectivity index (χ0) is 24.8. The Balaban J connectivity index is 1.25. The van der Waals surface area contributed by atoms with E-state index in [4.69, 9.17) is 0 Å². The highest BCUT2D eigenvalue weighted by Crippen LogP contribution is 2.36. The monoisotopic (exact) mass is 492 g/mol. The van der Waals surface area contributed by atoms with Gasteiger partial charge in [0.1, 0.15) is 0 Å². The van der Waals surface area contributed by atoms with Gasteiger partial charge in [0.05, 0.1) is 0 Å². The van der Waals surface area contributed by atoms with Crippen molar-refractivity contribution in [2.45, 2.75) is 70.4 Å². The van der Waals surface area contributed by atoms with E-state index >= 15 is 0 Å². The summed E-state index contributed by atoms with van der Waals surface area (Å²) in [7, 11) is 2.96. The minimum absolute atomic E-state index is 0.958. The first-order valence-corrected chi connectivity index (χ1v) is 14.7. The van der Waals surface area contributed by atoms with Gasteiger partial charge < -0.3 is 0 Å². The van der Waals surface area contributed by atoms with Gasteiger partial charge in [0.15, 0.2) is 0 Å². The highest BCUT2D eigenvalue weighted by Gasteiger charge is 2.13. The van der Waals surface area contributed by atoms with Gasteiger partial charge in [-0.2, -0.15) is 0 Å². The number of unbranched alkanes of at least 4 members (excludes halogenated alkanes) is 7. The molecule has 0 radical (unpaired) electrons. The van der Waals surface area contributed by atoms with Crippen LogP contribution >= 0.6 is 9.24 Å². The van der Waals surface area contributed by atoms with Crippen LogP contribution in [0.3, 0.4) is 0 Å². The molecule has 4 rings (SSSR count). The van der Waals surface area contributed by atoms with Crippen molar-refractivity contribution in [2.24, 2.45) is 0 Å². The number of aryl methyl sites for hydroxylation is 2. The SMILES string of the molecule is PCc1c(-c2ccccc2)cccc1-c1ccccc1CCCCCCCCCCc1ccccc1. The van der Waals surface area contributed by atoms with Gasteiger partial charge in [-0.1, -0.05) is 142 Å². The summed E-state index contributed by atoms with van der Waals surface area (Å²) >= 11 is 0. The van der Waals surface area contributed by atoms with Crippen molar-refractivity contribution in [1.82, 2.24) is 0 Å². The van der Waals surface area contributed by atoms with E-state index in [1.165, 1.54) is 103 Å². The molecule has 0 amide bonds. The number of hydrogen-bond donors (Lipinski definition) is 0. The largest absolute Gasteiger partial charge is 0.133 e. The smallest absolute Gasteiger partial charge is 0.0116 e. The Morgan fingerprint density at radius 2 is 0.944 bits per heavy atom. The van der Waals surface area contributed by atoms with Crippen molar-refractivity contribution >= 4 is 9.24 Å². The lowest BCUT2D eigenvalue weighted by Gasteiger charge is -2.17. The summed E-state index contributed by atoms with van der Waals surface area (Å²) in [4.78, 5) is 0. The zero-order valence-electron chi connectivity index (χ0n) is 21.7. The van der Waals surface area contributed by atoms with Gasteiger partial charge in [0, 0.05) is 0 Å². The summed E-state index contributed by atoms with van der Waals surface area (Å²) in [5.41, 5.74) is 9.84. The van der Waals surface area contributed by atoms with E-state index < -0.39 is 0 Å². The normalized spacial score (nSPS) is 11.0. The van der Waals surface area contributed by atoms with Crippen molar-refractivity contribution in [3.63, 3.8) is 0 Å². The Bertz CT molecular complexity index is 1160. The summed E-state index contributed by atoms with van der Waals surface area (Å²) in [5, 5.41) is 0. The molecule has 0 aliphatic heterocycles. The Morgan fingerprint density at radius 1 is 0.417 bits per heavy atom. The zero-order valence-corrected chi connectivity index (χ0v) is 22.8. The van der Waals surface area contributed by atoms with Gasteiger partial charge in [-0.05, 0) is 70.8 Å². The molecule has 0 saturated carbocycles. The van der Waals surface area contributed by atoms with Gasteiger partial charge in [-0.15, -0.1) is 9.24 Å². The summed E-state index contributed by atoms with van der Waals surface area (Å²) in [6.45, 7) is 0. The van der Waals surface area contributed by atoms with E-state index in [-0.39, 0.29) is 0 Å². The second-order valence-corrected chi connectivity index (χ2v) is 10.3. The Morgan fingerprint density at radius 3 is 1.64 bits per heavy atom. The van der Waals surface area contributed by atoms with E-state index in [2.05, 4.69) is 112 Å². The fraction of sp³-hybridized carbons (Fsp3) is 0.314. The third-order valence-electron chi connectivity index (χ3n) is 7.28. The predicted molar refractivity (Wildman–Crippen MR) is 162 cm³/mol. The Kier molecular flexibility index (Phi) is 10.8. The fourth-order valence-electron chi connectivity index (χ4n) is 5.30.